The Hall–Kier alpha value is -0.380. The second-order valence-electron chi connectivity index (χ2n) is 2.60. The van der Waals surface area contributed by atoms with E-state index in [2.05, 4.69) is 0 Å². The van der Waals surface area contributed by atoms with Crippen molar-refractivity contribution in [1.82, 2.24) is 0 Å². The number of thiophene rings is 1. The van der Waals surface area contributed by atoms with E-state index in [4.69, 9.17) is 5.73 Å². The van der Waals surface area contributed by atoms with Crippen molar-refractivity contribution in [2.45, 2.75) is 18.9 Å². The van der Waals surface area contributed by atoms with Gasteiger partial charge in [-0.2, -0.15) is 11.3 Å². The first-order valence-electron chi connectivity index (χ1n) is 3.68. The summed E-state index contributed by atoms with van der Waals surface area (Å²) in [5.74, 6) is 0. The Bertz CT molecular complexity index is 204. The van der Waals surface area contributed by atoms with Gasteiger partial charge in [-0.25, -0.2) is 0 Å². The molecule has 1 atom stereocenters. The normalized spacial score (nSPS) is 16.3. The lowest BCUT2D eigenvalue weighted by molar-refractivity contribution is 0.0423. The molecule has 3 N–H and O–H groups in total. The molecule has 0 saturated heterocycles. The van der Waals surface area contributed by atoms with Crippen molar-refractivity contribution in [3.8, 4) is 0 Å². The van der Waals surface area contributed by atoms with Crippen molar-refractivity contribution in [3.63, 3.8) is 0 Å². The fourth-order valence-corrected chi connectivity index (χ4v) is 1.74. The Kier molecular flexibility index (Phi) is 2.65. The van der Waals surface area contributed by atoms with Crippen molar-refractivity contribution < 1.29 is 5.11 Å². The van der Waals surface area contributed by atoms with Gasteiger partial charge in [-0.15, -0.1) is 0 Å². The van der Waals surface area contributed by atoms with Crippen LogP contribution in [0.3, 0.4) is 0 Å². The minimum absolute atomic E-state index is 0.292. The maximum atomic E-state index is 9.87. The molecule has 1 unspecified atom stereocenters. The molecule has 0 aromatic carbocycles. The average molecular weight is 171 g/mol. The summed E-state index contributed by atoms with van der Waals surface area (Å²) in [5.41, 5.74) is 5.60. The highest BCUT2D eigenvalue weighted by Gasteiger charge is 2.24. The van der Waals surface area contributed by atoms with Crippen LogP contribution in [-0.2, 0) is 5.60 Å². The molecule has 1 heterocycles. The van der Waals surface area contributed by atoms with Gasteiger partial charge in [0, 0.05) is 6.54 Å². The first kappa shape index (κ1) is 8.71. The summed E-state index contributed by atoms with van der Waals surface area (Å²) in [6.45, 7) is 2.23. The fraction of sp³-hybridized carbons (Fsp3) is 0.500. The maximum Gasteiger partial charge on any atom is 0.102 e. The Morgan fingerprint density at radius 2 is 2.45 bits per heavy atom. The highest BCUT2D eigenvalue weighted by Crippen LogP contribution is 2.25. The van der Waals surface area contributed by atoms with Gasteiger partial charge in [0.1, 0.15) is 5.60 Å². The van der Waals surface area contributed by atoms with Gasteiger partial charge >= 0.3 is 0 Å². The average Bonchev–Trinajstić information content (AvgIpc) is 2.55. The molecule has 0 aliphatic heterocycles. The highest BCUT2D eigenvalue weighted by molar-refractivity contribution is 7.08. The molecule has 0 aliphatic carbocycles. The van der Waals surface area contributed by atoms with E-state index < -0.39 is 5.60 Å². The second kappa shape index (κ2) is 3.34. The predicted octanol–water partition coefficient (Wildman–Crippen LogP) is 1.30. The highest BCUT2D eigenvalue weighted by atomic mass is 32.1. The quantitative estimate of drug-likeness (QED) is 0.720. The van der Waals surface area contributed by atoms with E-state index >= 15 is 0 Å². The van der Waals surface area contributed by atoms with Crippen molar-refractivity contribution in [3.05, 3.63) is 22.4 Å². The Morgan fingerprint density at radius 1 is 1.73 bits per heavy atom. The monoisotopic (exact) mass is 171 g/mol. The lowest BCUT2D eigenvalue weighted by Gasteiger charge is -2.23. The Labute approximate surface area is 70.7 Å². The minimum Gasteiger partial charge on any atom is -0.384 e. The van der Waals surface area contributed by atoms with Crippen LogP contribution in [0.2, 0.25) is 0 Å². The van der Waals surface area contributed by atoms with Crippen LogP contribution < -0.4 is 5.73 Å². The van der Waals surface area contributed by atoms with Gasteiger partial charge in [-0.1, -0.05) is 6.92 Å². The molecule has 0 spiro atoms. The fourth-order valence-electron chi connectivity index (χ4n) is 0.996. The summed E-state index contributed by atoms with van der Waals surface area (Å²) in [5, 5.41) is 13.8. The zero-order chi connectivity index (χ0) is 8.32. The van der Waals surface area contributed by atoms with Crippen LogP contribution in [0.25, 0.3) is 0 Å². The van der Waals surface area contributed by atoms with E-state index in [9.17, 15) is 5.11 Å². The van der Waals surface area contributed by atoms with Crippen molar-refractivity contribution >= 4 is 11.3 Å². The van der Waals surface area contributed by atoms with E-state index in [0.717, 1.165) is 5.56 Å². The van der Waals surface area contributed by atoms with Crippen molar-refractivity contribution in [2.75, 3.05) is 6.54 Å². The molecular weight excluding hydrogens is 158 g/mol. The molecule has 3 heteroatoms. The first-order valence-corrected chi connectivity index (χ1v) is 4.62. The molecular formula is C8H13NOS. The third kappa shape index (κ3) is 1.61. The molecule has 1 aromatic heterocycles. The van der Waals surface area contributed by atoms with Crippen LogP contribution >= 0.6 is 11.3 Å². The molecule has 62 valence electrons. The molecule has 0 radical (unpaired) electrons. The summed E-state index contributed by atoms with van der Waals surface area (Å²) < 4.78 is 0. The molecule has 0 saturated carbocycles. The SMILES string of the molecule is CCC(O)(CN)c1ccsc1. The predicted molar refractivity (Wildman–Crippen MR) is 47.6 cm³/mol. The Morgan fingerprint density at radius 3 is 2.82 bits per heavy atom. The van der Waals surface area contributed by atoms with E-state index in [0.29, 0.717) is 13.0 Å². The van der Waals surface area contributed by atoms with Gasteiger partial charge in [0.2, 0.25) is 0 Å². The van der Waals surface area contributed by atoms with Gasteiger partial charge in [0.15, 0.2) is 0 Å². The van der Waals surface area contributed by atoms with E-state index in [-0.39, 0.29) is 0 Å². The zero-order valence-electron chi connectivity index (χ0n) is 6.58. The van der Waals surface area contributed by atoms with Gasteiger partial charge < -0.3 is 10.8 Å². The van der Waals surface area contributed by atoms with Gasteiger partial charge in [-0.05, 0) is 28.8 Å². The minimum atomic E-state index is -0.806. The van der Waals surface area contributed by atoms with Gasteiger partial charge in [0.05, 0.1) is 0 Å². The number of hydrogen-bond donors (Lipinski definition) is 2. The third-order valence-electron chi connectivity index (χ3n) is 1.98. The first-order chi connectivity index (χ1) is 5.23. The van der Waals surface area contributed by atoms with Crippen LogP contribution in [0.5, 0.6) is 0 Å². The summed E-state index contributed by atoms with van der Waals surface area (Å²) >= 11 is 1.58. The summed E-state index contributed by atoms with van der Waals surface area (Å²) in [6.07, 6.45) is 0.667. The molecule has 1 aromatic rings. The summed E-state index contributed by atoms with van der Waals surface area (Å²) in [7, 11) is 0. The number of rotatable bonds is 3. The number of hydrogen-bond acceptors (Lipinski definition) is 3. The topological polar surface area (TPSA) is 46.2 Å². The standard InChI is InChI=1S/C8H13NOS/c1-2-8(10,6-9)7-3-4-11-5-7/h3-5,10H,2,6,9H2,1H3. The van der Waals surface area contributed by atoms with E-state index in [1.54, 1.807) is 11.3 Å². The number of nitrogens with two attached hydrogens (primary N) is 1. The summed E-state index contributed by atoms with van der Waals surface area (Å²) in [4.78, 5) is 0. The zero-order valence-corrected chi connectivity index (χ0v) is 7.40. The van der Waals surface area contributed by atoms with Crippen LogP contribution in [0, 0.1) is 0 Å². The van der Waals surface area contributed by atoms with Crippen LogP contribution in [0.4, 0.5) is 0 Å². The van der Waals surface area contributed by atoms with Crippen LogP contribution in [0.15, 0.2) is 16.8 Å². The van der Waals surface area contributed by atoms with Crippen LogP contribution in [-0.4, -0.2) is 11.7 Å². The molecule has 0 aliphatic rings. The molecule has 0 fully saturated rings. The maximum absolute atomic E-state index is 9.87. The largest absolute Gasteiger partial charge is 0.384 e. The molecule has 1 rings (SSSR count). The van der Waals surface area contributed by atoms with Crippen molar-refractivity contribution in [2.24, 2.45) is 5.73 Å². The van der Waals surface area contributed by atoms with Gasteiger partial charge in [-0.3, -0.25) is 0 Å². The smallest absolute Gasteiger partial charge is 0.102 e. The molecule has 0 bridgehead atoms. The lowest BCUT2D eigenvalue weighted by atomic mass is 9.94. The van der Waals surface area contributed by atoms with E-state index in [1.807, 2.05) is 23.8 Å². The van der Waals surface area contributed by atoms with Gasteiger partial charge in [0.25, 0.3) is 0 Å². The molecule has 0 amide bonds. The second-order valence-corrected chi connectivity index (χ2v) is 3.38. The van der Waals surface area contributed by atoms with Crippen molar-refractivity contribution in [1.29, 1.82) is 0 Å². The summed E-state index contributed by atoms with van der Waals surface area (Å²) in [6, 6.07) is 1.92. The lowest BCUT2D eigenvalue weighted by Crippen LogP contribution is -2.33. The third-order valence-corrected chi connectivity index (χ3v) is 2.66. The Balaban J connectivity index is 2.87. The molecule has 2 nitrogen and oxygen atoms in total. The molecule has 11 heavy (non-hydrogen) atoms. The van der Waals surface area contributed by atoms with E-state index in [1.165, 1.54) is 0 Å². The van der Waals surface area contributed by atoms with Crippen LogP contribution in [0.1, 0.15) is 18.9 Å². The number of aliphatic hydroxyl groups is 1.